The maximum atomic E-state index is 12.7. The summed E-state index contributed by atoms with van der Waals surface area (Å²) in [5, 5.41) is 4.34. The van der Waals surface area contributed by atoms with Gasteiger partial charge in [0.1, 0.15) is 0 Å². The molecule has 32 heavy (non-hydrogen) atoms. The number of amides is 1. The first-order valence-electron chi connectivity index (χ1n) is 9.65. The Hall–Kier alpha value is -2.09. The van der Waals surface area contributed by atoms with Gasteiger partial charge in [0.15, 0.2) is 0 Å². The third kappa shape index (κ3) is 6.03. The lowest BCUT2D eigenvalue weighted by atomic mass is 10.0. The summed E-state index contributed by atoms with van der Waals surface area (Å²) in [5.74, 6) is -0.514. The minimum absolute atomic E-state index is 0.0816. The van der Waals surface area contributed by atoms with Crippen LogP contribution < -0.4 is 10.0 Å². The quantitative estimate of drug-likeness (QED) is 0.423. The van der Waals surface area contributed by atoms with Gasteiger partial charge in [0, 0.05) is 27.2 Å². The number of anilines is 1. The van der Waals surface area contributed by atoms with Gasteiger partial charge in [0.05, 0.1) is 11.4 Å². The van der Waals surface area contributed by atoms with E-state index in [1.807, 2.05) is 18.2 Å². The molecule has 0 saturated carbocycles. The molecule has 0 aliphatic rings. The Labute approximate surface area is 202 Å². The molecule has 0 bridgehead atoms. The smallest absolute Gasteiger partial charge is 0.241 e. The molecule has 5 nitrogen and oxygen atoms in total. The summed E-state index contributed by atoms with van der Waals surface area (Å²) in [5.41, 5.74) is 3.28. The molecule has 1 amide bonds. The zero-order valence-corrected chi connectivity index (χ0v) is 20.5. The zero-order valence-electron chi connectivity index (χ0n) is 17.4. The van der Waals surface area contributed by atoms with Gasteiger partial charge in [-0.3, -0.25) is 4.79 Å². The first-order chi connectivity index (χ1) is 15.1. The van der Waals surface area contributed by atoms with E-state index in [0.29, 0.717) is 38.3 Å². The van der Waals surface area contributed by atoms with Crippen LogP contribution in [-0.2, 0) is 21.2 Å². The van der Waals surface area contributed by atoms with Gasteiger partial charge >= 0.3 is 0 Å². The van der Waals surface area contributed by atoms with Gasteiger partial charge in [0.2, 0.25) is 15.9 Å². The zero-order chi connectivity index (χ0) is 23.5. The molecular formula is C23H21Cl3N2O3S. The Morgan fingerprint density at radius 1 is 0.875 bits per heavy atom. The minimum Gasteiger partial charge on any atom is -0.325 e. The first kappa shape index (κ1) is 24.6. The molecular weight excluding hydrogens is 491 g/mol. The number of halogens is 3. The molecule has 0 saturated heterocycles. The number of benzene rings is 3. The molecule has 3 aromatic carbocycles. The van der Waals surface area contributed by atoms with E-state index < -0.39 is 22.5 Å². The van der Waals surface area contributed by atoms with Crippen molar-refractivity contribution in [1.82, 2.24) is 4.72 Å². The molecule has 0 radical (unpaired) electrons. The van der Waals surface area contributed by atoms with E-state index in [9.17, 15) is 13.2 Å². The molecule has 0 aliphatic heterocycles. The standard InChI is InChI=1S/C23H21Cl3N2O3S/c1-14-10-22(15(2)9-20(14)26)32(30,31)27-13-23(29)28-21-8-7-18(24)12-17(21)11-16-5-3-4-6-19(16)25/h3-10,12,27H,11,13H2,1-2H3,(H,28,29). The highest BCUT2D eigenvalue weighted by Gasteiger charge is 2.20. The van der Waals surface area contributed by atoms with Crippen molar-refractivity contribution in [3.8, 4) is 0 Å². The van der Waals surface area contributed by atoms with E-state index in [1.165, 1.54) is 6.07 Å². The molecule has 0 aromatic heterocycles. The summed E-state index contributed by atoms with van der Waals surface area (Å²) >= 11 is 18.4. The van der Waals surface area contributed by atoms with Crippen molar-refractivity contribution >= 4 is 56.4 Å². The Morgan fingerprint density at radius 3 is 2.31 bits per heavy atom. The maximum Gasteiger partial charge on any atom is 0.241 e. The van der Waals surface area contributed by atoms with Gasteiger partial charge in [-0.25, -0.2) is 13.1 Å². The van der Waals surface area contributed by atoms with Crippen molar-refractivity contribution in [2.45, 2.75) is 25.2 Å². The van der Waals surface area contributed by atoms with E-state index in [4.69, 9.17) is 34.8 Å². The summed E-state index contributed by atoms with van der Waals surface area (Å²) in [7, 11) is -3.90. The number of hydrogen-bond acceptors (Lipinski definition) is 3. The van der Waals surface area contributed by atoms with Gasteiger partial charge in [-0.15, -0.1) is 0 Å². The van der Waals surface area contributed by atoms with Crippen LogP contribution in [0.15, 0.2) is 59.5 Å². The van der Waals surface area contributed by atoms with Gasteiger partial charge in [-0.2, -0.15) is 0 Å². The third-order valence-corrected chi connectivity index (χ3v) is 7.40. The van der Waals surface area contributed by atoms with Crippen molar-refractivity contribution in [3.63, 3.8) is 0 Å². The van der Waals surface area contributed by atoms with Gasteiger partial charge in [0.25, 0.3) is 0 Å². The number of carbonyl (C=O) groups excluding carboxylic acids is 1. The van der Waals surface area contributed by atoms with Crippen molar-refractivity contribution < 1.29 is 13.2 Å². The lowest BCUT2D eigenvalue weighted by molar-refractivity contribution is -0.115. The minimum atomic E-state index is -3.90. The normalized spacial score (nSPS) is 11.4. The van der Waals surface area contributed by atoms with Gasteiger partial charge in [-0.1, -0.05) is 53.0 Å². The molecule has 168 valence electrons. The fourth-order valence-electron chi connectivity index (χ4n) is 3.15. The van der Waals surface area contributed by atoms with E-state index >= 15 is 0 Å². The first-order valence-corrected chi connectivity index (χ1v) is 12.3. The number of nitrogens with one attached hydrogen (secondary N) is 2. The van der Waals surface area contributed by atoms with Crippen molar-refractivity contribution in [2.24, 2.45) is 0 Å². The summed E-state index contributed by atoms with van der Waals surface area (Å²) < 4.78 is 27.7. The Morgan fingerprint density at radius 2 is 1.59 bits per heavy atom. The Bertz CT molecular complexity index is 1280. The predicted octanol–water partition coefficient (Wildman–Crippen LogP) is 5.77. The summed E-state index contributed by atoms with van der Waals surface area (Å²) in [6.45, 7) is 2.93. The van der Waals surface area contributed by atoms with Crippen molar-refractivity contribution in [2.75, 3.05) is 11.9 Å². The molecule has 0 atom stereocenters. The number of hydrogen-bond donors (Lipinski definition) is 2. The predicted molar refractivity (Wildman–Crippen MR) is 130 cm³/mol. The SMILES string of the molecule is Cc1cc(S(=O)(=O)NCC(=O)Nc2ccc(Cl)cc2Cc2ccccc2Cl)c(C)cc1Cl. The van der Waals surface area contributed by atoms with Crippen LogP contribution >= 0.6 is 34.8 Å². The fraction of sp³-hybridized carbons (Fsp3) is 0.174. The monoisotopic (exact) mass is 510 g/mol. The average Bonchev–Trinajstić information content (AvgIpc) is 2.73. The Balaban J connectivity index is 1.74. The maximum absolute atomic E-state index is 12.7. The van der Waals surface area contributed by atoms with Gasteiger partial charge < -0.3 is 5.32 Å². The number of aryl methyl sites for hydroxylation is 2. The van der Waals surface area contributed by atoms with E-state index in [0.717, 1.165) is 11.1 Å². The van der Waals surface area contributed by atoms with Crippen LogP contribution in [0, 0.1) is 13.8 Å². The van der Waals surface area contributed by atoms with E-state index in [2.05, 4.69) is 10.0 Å². The van der Waals surface area contributed by atoms with E-state index in [1.54, 1.807) is 44.2 Å². The highest BCUT2D eigenvalue weighted by molar-refractivity contribution is 7.89. The number of sulfonamides is 1. The molecule has 0 heterocycles. The number of rotatable bonds is 7. The van der Waals surface area contributed by atoms with Gasteiger partial charge in [-0.05, 0) is 72.5 Å². The molecule has 2 N–H and O–H groups in total. The second-order valence-corrected chi connectivity index (χ2v) is 10.3. The van der Waals surface area contributed by atoms with E-state index in [-0.39, 0.29) is 4.90 Å². The topological polar surface area (TPSA) is 75.3 Å². The highest BCUT2D eigenvalue weighted by Crippen LogP contribution is 2.27. The fourth-order valence-corrected chi connectivity index (χ4v) is 5.06. The molecule has 9 heteroatoms. The van der Waals surface area contributed by atoms with Crippen molar-refractivity contribution in [1.29, 1.82) is 0 Å². The summed E-state index contributed by atoms with van der Waals surface area (Å²) in [6.07, 6.45) is 0.449. The lowest BCUT2D eigenvalue weighted by Crippen LogP contribution is -2.33. The molecule has 0 spiro atoms. The molecule has 0 unspecified atom stereocenters. The van der Waals surface area contributed by atoms with Crippen LogP contribution in [0.1, 0.15) is 22.3 Å². The van der Waals surface area contributed by atoms with Crippen LogP contribution in [0.4, 0.5) is 5.69 Å². The summed E-state index contributed by atoms with van der Waals surface area (Å²) in [6, 6.07) is 15.5. The third-order valence-electron chi connectivity index (χ3n) is 4.85. The molecule has 3 rings (SSSR count). The van der Waals surface area contributed by atoms with Crippen LogP contribution in [0.25, 0.3) is 0 Å². The van der Waals surface area contributed by atoms with Crippen molar-refractivity contribution in [3.05, 3.63) is 91.9 Å². The average molecular weight is 512 g/mol. The molecule has 0 aliphatic carbocycles. The summed E-state index contributed by atoms with van der Waals surface area (Å²) in [4.78, 5) is 12.6. The second-order valence-electron chi connectivity index (χ2n) is 7.31. The largest absolute Gasteiger partial charge is 0.325 e. The highest BCUT2D eigenvalue weighted by atomic mass is 35.5. The number of carbonyl (C=O) groups is 1. The molecule has 0 fully saturated rings. The molecule has 3 aromatic rings. The van der Waals surface area contributed by atoms with Crippen LogP contribution in [0.3, 0.4) is 0 Å². The van der Waals surface area contributed by atoms with Crippen LogP contribution in [0.2, 0.25) is 15.1 Å². The lowest BCUT2D eigenvalue weighted by Gasteiger charge is -2.14. The Kier molecular flexibility index (Phi) is 7.85. The van der Waals surface area contributed by atoms with Crippen LogP contribution in [0.5, 0.6) is 0 Å². The van der Waals surface area contributed by atoms with Crippen LogP contribution in [-0.4, -0.2) is 20.9 Å². The second kappa shape index (κ2) is 10.2.